The van der Waals surface area contributed by atoms with Crippen LogP contribution in [0.2, 0.25) is 0 Å². The fourth-order valence-corrected chi connectivity index (χ4v) is 2.32. The molecule has 1 heterocycles. The largest absolute Gasteiger partial charge is 0.315 e. The van der Waals surface area contributed by atoms with Gasteiger partial charge in [-0.3, -0.25) is 9.89 Å². The lowest BCUT2D eigenvalue weighted by atomic mass is 10.2. The first-order chi connectivity index (χ1) is 9.58. The predicted octanol–water partition coefficient (Wildman–Crippen LogP) is 2.68. The molecular weight excluding hydrogens is 272 g/mol. The van der Waals surface area contributed by atoms with E-state index in [1.54, 1.807) is 11.9 Å². The molecule has 1 aromatic carbocycles. The molecule has 0 aliphatic carbocycles. The number of carbonyl (C=O) groups excluding carboxylic acids is 1. The minimum Gasteiger partial charge on any atom is -0.315 e. The molecule has 2 rings (SSSR count). The molecule has 20 heavy (non-hydrogen) atoms. The second kappa shape index (κ2) is 6.56. The van der Waals surface area contributed by atoms with Crippen molar-refractivity contribution in [2.45, 2.75) is 24.9 Å². The van der Waals surface area contributed by atoms with Gasteiger partial charge in [-0.15, -0.1) is 5.10 Å². The maximum atomic E-state index is 12.1. The van der Waals surface area contributed by atoms with Gasteiger partial charge in [0.25, 0.3) is 0 Å². The number of nitrogens with one attached hydrogen (secondary N) is 1. The van der Waals surface area contributed by atoms with Crippen LogP contribution in [-0.4, -0.2) is 33.9 Å². The number of para-hydroxylation sites is 1. The van der Waals surface area contributed by atoms with E-state index in [-0.39, 0.29) is 5.91 Å². The lowest BCUT2D eigenvalue weighted by Gasteiger charge is -2.16. The Morgan fingerprint density at radius 1 is 1.35 bits per heavy atom. The molecule has 0 radical (unpaired) electrons. The number of anilines is 1. The van der Waals surface area contributed by atoms with Crippen molar-refractivity contribution in [2.75, 3.05) is 17.7 Å². The van der Waals surface area contributed by atoms with E-state index < -0.39 is 0 Å². The molecule has 106 valence electrons. The van der Waals surface area contributed by atoms with Crippen molar-refractivity contribution >= 4 is 23.4 Å². The molecule has 0 fully saturated rings. The lowest BCUT2D eigenvalue weighted by molar-refractivity contribution is -0.115. The third kappa shape index (κ3) is 3.60. The number of aromatic amines is 1. The first kappa shape index (κ1) is 14.6. The summed E-state index contributed by atoms with van der Waals surface area (Å²) < 4.78 is 0. The summed E-state index contributed by atoms with van der Waals surface area (Å²) in [6, 6.07) is 9.57. The van der Waals surface area contributed by atoms with Crippen LogP contribution in [-0.2, 0) is 4.79 Å². The monoisotopic (exact) mass is 290 g/mol. The normalized spacial score (nSPS) is 10.8. The Kier molecular flexibility index (Phi) is 4.79. The minimum atomic E-state index is 0.0251. The zero-order valence-corrected chi connectivity index (χ0v) is 12.6. The maximum Gasteiger partial charge on any atom is 0.237 e. The molecule has 0 saturated carbocycles. The van der Waals surface area contributed by atoms with E-state index in [4.69, 9.17) is 0 Å². The zero-order chi connectivity index (χ0) is 14.5. The van der Waals surface area contributed by atoms with E-state index in [0.29, 0.717) is 16.8 Å². The van der Waals surface area contributed by atoms with Gasteiger partial charge in [0.1, 0.15) is 5.82 Å². The molecule has 0 atom stereocenters. The van der Waals surface area contributed by atoms with Crippen molar-refractivity contribution in [3.63, 3.8) is 0 Å². The molecule has 1 amide bonds. The molecule has 6 heteroatoms. The first-order valence-corrected chi connectivity index (χ1v) is 7.43. The molecule has 1 N–H and O–H groups in total. The van der Waals surface area contributed by atoms with Gasteiger partial charge >= 0.3 is 0 Å². The van der Waals surface area contributed by atoms with Gasteiger partial charge in [-0.2, -0.15) is 0 Å². The number of amides is 1. The van der Waals surface area contributed by atoms with Crippen molar-refractivity contribution in [3.05, 3.63) is 36.2 Å². The number of benzene rings is 1. The molecule has 0 unspecified atom stereocenters. The average Bonchev–Trinajstić information content (AvgIpc) is 2.94. The molecule has 2 aromatic rings. The summed E-state index contributed by atoms with van der Waals surface area (Å²) in [6.07, 6.45) is 0. The third-order valence-corrected chi connectivity index (χ3v) is 3.70. The molecule has 0 aliphatic heterocycles. The highest BCUT2D eigenvalue weighted by Crippen LogP contribution is 2.18. The first-order valence-electron chi connectivity index (χ1n) is 6.44. The molecule has 0 aliphatic rings. The number of thioether (sulfide) groups is 1. The number of hydrogen-bond acceptors (Lipinski definition) is 4. The van der Waals surface area contributed by atoms with E-state index in [2.05, 4.69) is 15.2 Å². The molecule has 0 bridgehead atoms. The van der Waals surface area contributed by atoms with Gasteiger partial charge in [-0.25, -0.2) is 4.98 Å². The van der Waals surface area contributed by atoms with Gasteiger partial charge in [0.15, 0.2) is 0 Å². The van der Waals surface area contributed by atoms with Crippen LogP contribution in [0.1, 0.15) is 25.6 Å². The van der Waals surface area contributed by atoms with Gasteiger partial charge < -0.3 is 4.90 Å². The SMILES string of the molecule is CC(C)c1nc(SCC(=O)N(C)c2ccccc2)n[nH]1. The quantitative estimate of drug-likeness (QED) is 0.860. The van der Waals surface area contributed by atoms with Crippen molar-refractivity contribution in [2.24, 2.45) is 0 Å². The summed E-state index contributed by atoms with van der Waals surface area (Å²) in [4.78, 5) is 18.1. The van der Waals surface area contributed by atoms with Crippen molar-refractivity contribution in [1.82, 2.24) is 15.2 Å². The maximum absolute atomic E-state index is 12.1. The Bertz CT molecular complexity index is 568. The highest BCUT2D eigenvalue weighted by Gasteiger charge is 2.13. The molecule has 5 nitrogen and oxygen atoms in total. The van der Waals surface area contributed by atoms with Crippen LogP contribution in [0.15, 0.2) is 35.5 Å². The average molecular weight is 290 g/mol. The number of rotatable bonds is 5. The van der Waals surface area contributed by atoms with Gasteiger partial charge in [0, 0.05) is 18.7 Å². The van der Waals surface area contributed by atoms with Crippen molar-refractivity contribution in [3.8, 4) is 0 Å². The highest BCUT2D eigenvalue weighted by atomic mass is 32.2. The van der Waals surface area contributed by atoms with Crippen molar-refractivity contribution < 1.29 is 4.79 Å². The Balaban J connectivity index is 1.91. The number of H-pyrrole nitrogens is 1. The fraction of sp³-hybridized carbons (Fsp3) is 0.357. The van der Waals surface area contributed by atoms with Crippen LogP contribution in [0.5, 0.6) is 0 Å². The van der Waals surface area contributed by atoms with Crippen LogP contribution >= 0.6 is 11.8 Å². The van der Waals surface area contributed by atoms with Gasteiger partial charge in [-0.05, 0) is 12.1 Å². The zero-order valence-electron chi connectivity index (χ0n) is 11.8. The standard InChI is InChI=1S/C14H18N4OS/c1-10(2)13-15-14(17-16-13)20-9-12(19)18(3)11-7-5-4-6-8-11/h4-8,10H,9H2,1-3H3,(H,15,16,17). The summed E-state index contributed by atoms with van der Waals surface area (Å²) in [5, 5.41) is 7.59. The van der Waals surface area contributed by atoms with E-state index in [9.17, 15) is 4.79 Å². The predicted molar refractivity (Wildman–Crippen MR) is 81.0 cm³/mol. The number of carbonyl (C=O) groups is 1. The number of hydrogen-bond donors (Lipinski definition) is 1. The Morgan fingerprint density at radius 3 is 2.65 bits per heavy atom. The summed E-state index contributed by atoms with van der Waals surface area (Å²) >= 11 is 1.35. The Morgan fingerprint density at radius 2 is 2.05 bits per heavy atom. The number of nitrogens with zero attached hydrogens (tertiary/aromatic N) is 3. The molecular formula is C14H18N4OS. The van der Waals surface area contributed by atoms with Crippen molar-refractivity contribution in [1.29, 1.82) is 0 Å². The van der Waals surface area contributed by atoms with Crippen LogP contribution in [0.4, 0.5) is 5.69 Å². The Hall–Kier alpha value is -1.82. The van der Waals surface area contributed by atoms with Gasteiger partial charge in [0.2, 0.25) is 11.1 Å². The summed E-state index contributed by atoms with van der Waals surface area (Å²) in [7, 11) is 1.77. The van der Waals surface area contributed by atoms with Gasteiger partial charge in [0.05, 0.1) is 5.75 Å². The number of aromatic nitrogens is 3. The topological polar surface area (TPSA) is 61.9 Å². The highest BCUT2D eigenvalue weighted by molar-refractivity contribution is 7.99. The van der Waals surface area contributed by atoms with Crippen LogP contribution in [0.3, 0.4) is 0 Å². The fourth-order valence-electron chi connectivity index (χ4n) is 1.60. The second-order valence-corrected chi connectivity index (χ2v) is 5.68. The molecule has 0 spiro atoms. The van der Waals surface area contributed by atoms with Gasteiger partial charge in [-0.1, -0.05) is 43.8 Å². The van der Waals surface area contributed by atoms with Crippen LogP contribution < -0.4 is 4.90 Å². The molecule has 0 saturated heterocycles. The van der Waals surface area contributed by atoms with Crippen LogP contribution in [0.25, 0.3) is 0 Å². The smallest absolute Gasteiger partial charge is 0.237 e. The van der Waals surface area contributed by atoms with E-state index in [1.165, 1.54) is 11.8 Å². The van der Waals surface area contributed by atoms with Crippen LogP contribution in [0, 0.1) is 0 Å². The Labute approximate surface area is 122 Å². The van der Waals surface area contributed by atoms with E-state index >= 15 is 0 Å². The second-order valence-electron chi connectivity index (χ2n) is 4.73. The summed E-state index contributed by atoms with van der Waals surface area (Å²) in [6.45, 7) is 4.09. The molecule has 1 aromatic heterocycles. The third-order valence-electron chi connectivity index (χ3n) is 2.87. The van der Waals surface area contributed by atoms with E-state index in [0.717, 1.165) is 11.5 Å². The lowest BCUT2D eigenvalue weighted by Crippen LogP contribution is -2.27. The minimum absolute atomic E-state index is 0.0251. The summed E-state index contributed by atoms with van der Waals surface area (Å²) in [5.74, 6) is 1.49. The summed E-state index contributed by atoms with van der Waals surface area (Å²) in [5.41, 5.74) is 0.885. The van der Waals surface area contributed by atoms with E-state index in [1.807, 2.05) is 44.2 Å².